The standard InChI is InChI=1S/C27H43N3O5/c1-7-19(3)30(25(33)22(17-31)29-26(34)35-27(4,5)6)23(20-13-11-12-18(2)16-20)24(32)28-21-14-9-8-10-15-21/h11-13,16,19,21-23,31H,7-10,14-15,17H2,1-6H3,(H,28,32)(H,29,34). The van der Waals surface area contributed by atoms with Crippen LogP contribution in [0.25, 0.3) is 0 Å². The van der Waals surface area contributed by atoms with Gasteiger partial charge in [-0.15, -0.1) is 0 Å². The molecule has 0 aliphatic heterocycles. The first-order valence-corrected chi connectivity index (χ1v) is 12.8. The van der Waals surface area contributed by atoms with Crippen molar-refractivity contribution in [2.24, 2.45) is 0 Å². The number of carbonyl (C=O) groups is 3. The van der Waals surface area contributed by atoms with Crippen LogP contribution < -0.4 is 10.6 Å². The maximum absolute atomic E-state index is 13.8. The van der Waals surface area contributed by atoms with Crippen LogP contribution in [0.3, 0.4) is 0 Å². The van der Waals surface area contributed by atoms with Gasteiger partial charge in [0, 0.05) is 12.1 Å². The van der Waals surface area contributed by atoms with E-state index >= 15 is 0 Å². The molecule has 0 saturated heterocycles. The van der Waals surface area contributed by atoms with Crippen molar-refractivity contribution in [3.05, 3.63) is 35.4 Å². The molecule has 0 aromatic heterocycles. The number of benzene rings is 1. The molecule has 1 saturated carbocycles. The molecule has 0 radical (unpaired) electrons. The van der Waals surface area contributed by atoms with E-state index in [0.717, 1.165) is 31.2 Å². The number of aryl methyl sites for hydroxylation is 1. The Bertz CT molecular complexity index is 861. The van der Waals surface area contributed by atoms with Gasteiger partial charge in [0.2, 0.25) is 11.8 Å². The molecule has 1 aromatic carbocycles. The van der Waals surface area contributed by atoms with Crippen molar-refractivity contribution in [1.82, 2.24) is 15.5 Å². The predicted molar refractivity (Wildman–Crippen MR) is 136 cm³/mol. The van der Waals surface area contributed by atoms with Crippen LogP contribution >= 0.6 is 0 Å². The number of alkyl carbamates (subject to hydrolysis) is 1. The summed E-state index contributed by atoms with van der Waals surface area (Å²) >= 11 is 0. The molecule has 3 amide bonds. The number of hydrogen-bond donors (Lipinski definition) is 3. The first-order valence-electron chi connectivity index (χ1n) is 12.8. The van der Waals surface area contributed by atoms with E-state index in [0.29, 0.717) is 12.0 Å². The molecular formula is C27H43N3O5. The predicted octanol–water partition coefficient (Wildman–Crippen LogP) is 4.00. The van der Waals surface area contributed by atoms with Crippen LogP contribution in [-0.2, 0) is 14.3 Å². The molecule has 0 spiro atoms. The second-order valence-corrected chi connectivity index (χ2v) is 10.5. The summed E-state index contributed by atoms with van der Waals surface area (Å²) in [6.07, 6.45) is 4.94. The molecular weight excluding hydrogens is 446 g/mol. The Morgan fingerprint density at radius 3 is 2.37 bits per heavy atom. The van der Waals surface area contributed by atoms with Crippen molar-refractivity contribution in [1.29, 1.82) is 0 Å². The molecule has 35 heavy (non-hydrogen) atoms. The Kier molecular flexibility index (Phi) is 10.6. The lowest BCUT2D eigenvalue weighted by atomic mass is 9.94. The van der Waals surface area contributed by atoms with Crippen molar-refractivity contribution in [3.63, 3.8) is 0 Å². The van der Waals surface area contributed by atoms with Crippen molar-refractivity contribution in [2.75, 3.05) is 6.61 Å². The zero-order valence-electron chi connectivity index (χ0n) is 22.1. The van der Waals surface area contributed by atoms with Gasteiger partial charge in [-0.2, -0.15) is 0 Å². The number of aliphatic hydroxyl groups excluding tert-OH is 1. The molecule has 8 heteroatoms. The van der Waals surface area contributed by atoms with Crippen LogP contribution in [0.5, 0.6) is 0 Å². The van der Waals surface area contributed by atoms with Crippen molar-refractivity contribution in [3.8, 4) is 0 Å². The molecule has 3 atom stereocenters. The van der Waals surface area contributed by atoms with Gasteiger partial charge in [-0.1, -0.05) is 56.0 Å². The van der Waals surface area contributed by atoms with E-state index in [1.807, 2.05) is 45.0 Å². The van der Waals surface area contributed by atoms with Crippen molar-refractivity contribution < 1.29 is 24.2 Å². The minimum absolute atomic E-state index is 0.0750. The molecule has 1 fully saturated rings. The summed E-state index contributed by atoms with van der Waals surface area (Å²) in [6, 6.07) is 5.18. The van der Waals surface area contributed by atoms with E-state index < -0.39 is 36.3 Å². The second-order valence-electron chi connectivity index (χ2n) is 10.5. The largest absolute Gasteiger partial charge is 0.444 e. The minimum atomic E-state index is -1.24. The van der Waals surface area contributed by atoms with E-state index in [2.05, 4.69) is 10.6 Å². The molecule has 2 rings (SSSR count). The number of hydrogen-bond acceptors (Lipinski definition) is 5. The Hall–Kier alpha value is -2.61. The second kappa shape index (κ2) is 12.9. The lowest BCUT2D eigenvalue weighted by Crippen LogP contribution is -2.57. The van der Waals surface area contributed by atoms with E-state index in [1.165, 1.54) is 11.3 Å². The van der Waals surface area contributed by atoms with Crippen molar-refractivity contribution >= 4 is 17.9 Å². The number of amides is 3. The summed E-state index contributed by atoms with van der Waals surface area (Å²) in [7, 11) is 0. The van der Waals surface area contributed by atoms with E-state index in [4.69, 9.17) is 4.74 Å². The molecule has 1 aliphatic carbocycles. The topological polar surface area (TPSA) is 108 Å². The average Bonchev–Trinajstić information content (AvgIpc) is 2.79. The smallest absolute Gasteiger partial charge is 0.408 e. The number of rotatable bonds is 9. The minimum Gasteiger partial charge on any atom is -0.444 e. The summed E-state index contributed by atoms with van der Waals surface area (Å²) in [6.45, 7) is 10.3. The summed E-state index contributed by atoms with van der Waals surface area (Å²) < 4.78 is 5.28. The first-order chi connectivity index (χ1) is 16.5. The number of nitrogens with one attached hydrogen (secondary N) is 2. The molecule has 196 valence electrons. The third-order valence-corrected chi connectivity index (χ3v) is 6.33. The highest BCUT2D eigenvalue weighted by Crippen LogP contribution is 2.28. The zero-order chi connectivity index (χ0) is 26.2. The SMILES string of the molecule is CCC(C)N(C(=O)C(CO)NC(=O)OC(C)(C)C)C(C(=O)NC1CCCCC1)c1cccc(C)c1. The lowest BCUT2D eigenvalue weighted by Gasteiger charge is -2.38. The summed E-state index contributed by atoms with van der Waals surface area (Å²) in [5.74, 6) is -0.775. The van der Waals surface area contributed by atoms with Gasteiger partial charge in [0.1, 0.15) is 17.7 Å². The van der Waals surface area contributed by atoms with Crippen LogP contribution in [0, 0.1) is 6.92 Å². The average molecular weight is 490 g/mol. The van der Waals surface area contributed by atoms with Crippen LogP contribution in [0.4, 0.5) is 4.79 Å². The van der Waals surface area contributed by atoms with E-state index in [-0.39, 0.29) is 18.0 Å². The highest BCUT2D eigenvalue weighted by atomic mass is 16.6. The van der Waals surface area contributed by atoms with E-state index in [9.17, 15) is 19.5 Å². The first kappa shape index (κ1) is 28.6. The summed E-state index contributed by atoms with van der Waals surface area (Å²) in [5.41, 5.74) is 0.911. The monoisotopic (exact) mass is 489 g/mol. The van der Waals surface area contributed by atoms with Gasteiger partial charge in [-0.3, -0.25) is 9.59 Å². The molecule has 3 unspecified atom stereocenters. The molecule has 0 bridgehead atoms. The van der Waals surface area contributed by atoms with Gasteiger partial charge >= 0.3 is 6.09 Å². The van der Waals surface area contributed by atoms with Gasteiger partial charge in [-0.05, 0) is 59.4 Å². The zero-order valence-corrected chi connectivity index (χ0v) is 22.1. The highest BCUT2D eigenvalue weighted by Gasteiger charge is 2.39. The van der Waals surface area contributed by atoms with Gasteiger partial charge in [0.15, 0.2) is 0 Å². The molecule has 1 aromatic rings. The number of ether oxygens (including phenoxy) is 1. The third-order valence-electron chi connectivity index (χ3n) is 6.33. The fourth-order valence-corrected chi connectivity index (χ4v) is 4.42. The van der Waals surface area contributed by atoms with Gasteiger partial charge in [-0.25, -0.2) is 4.79 Å². The Morgan fingerprint density at radius 2 is 1.83 bits per heavy atom. The highest BCUT2D eigenvalue weighted by molar-refractivity contribution is 5.92. The maximum atomic E-state index is 13.8. The van der Waals surface area contributed by atoms with Crippen LogP contribution in [0.1, 0.15) is 90.3 Å². The fourth-order valence-electron chi connectivity index (χ4n) is 4.42. The number of aliphatic hydroxyl groups is 1. The third kappa shape index (κ3) is 8.53. The summed E-state index contributed by atoms with van der Waals surface area (Å²) in [5, 5.41) is 15.7. The number of carbonyl (C=O) groups excluding carboxylic acids is 3. The van der Waals surface area contributed by atoms with Gasteiger partial charge in [0.25, 0.3) is 0 Å². The molecule has 0 heterocycles. The Morgan fingerprint density at radius 1 is 1.17 bits per heavy atom. The lowest BCUT2D eigenvalue weighted by molar-refractivity contribution is -0.146. The van der Waals surface area contributed by atoms with Crippen LogP contribution in [-0.4, -0.2) is 58.2 Å². The van der Waals surface area contributed by atoms with Crippen LogP contribution in [0.2, 0.25) is 0 Å². The van der Waals surface area contributed by atoms with Gasteiger partial charge < -0.3 is 25.4 Å². The van der Waals surface area contributed by atoms with Gasteiger partial charge in [0.05, 0.1) is 6.61 Å². The molecule has 1 aliphatic rings. The Balaban J connectivity index is 2.42. The fraction of sp³-hybridized carbons (Fsp3) is 0.667. The van der Waals surface area contributed by atoms with E-state index in [1.54, 1.807) is 20.8 Å². The summed E-state index contributed by atoms with van der Waals surface area (Å²) in [4.78, 5) is 41.4. The quantitative estimate of drug-likeness (QED) is 0.486. The Labute approximate surface area is 209 Å². The molecule has 8 nitrogen and oxygen atoms in total. The maximum Gasteiger partial charge on any atom is 0.408 e. The number of nitrogens with zero attached hydrogens (tertiary/aromatic N) is 1. The molecule has 3 N–H and O–H groups in total. The normalized spacial score (nSPS) is 17.1. The van der Waals surface area contributed by atoms with Crippen LogP contribution in [0.15, 0.2) is 24.3 Å². The van der Waals surface area contributed by atoms with Crippen molar-refractivity contribution in [2.45, 2.75) is 110 Å².